The molecule has 0 aliphatic carbocycles. The van der Waals surface area contributed by atoms with Crippen molar-refractivity contribution in [1.82, 2.24) is 0 Å². The van der Waals surface area contributed by atoms with Gasteiger partial charge in [0.15, 0.2) is 0 Å². The Morgan fingerprint density at radius 3 is 2.50 bits per heavy atom. The maximum absolute atomic E-state index is 13.3. The molecule has 3 nitrogen and oxygen atoms in total. The van der Waals surface area contributed by atoms with Crippen molar-refractivity contribution in [3.63, 3.8) is 0 Å². The second-order valence-electron chi connectivity index (χ2n) is 4.58. The second kappa shape index (κ2) is 6.71. The first-order valence-corrected chi connectivity index (χ1v) is 6.21. The molecule has 1 aromatic carbocycles. The van der Waals surface area contributed by atoms with Crippen molar-refractivity contribution in [3.05, 3.63) is 29.6 Å². The van der Waals surface area contributed by atoms with Crippen LogP contribution < -0.4 is 10.5 Å². The van der Waals surface area contributed by atoms with Crippen molar-refractivity contribution in [3.8, 4) is 5.75 Å². The van der Waals surface area contributed by atoms with E-state index in [2.05, 4.69) is 0 Å². The van der Waals surface area contributed by atoms with E-state index >= 15 is 0 Å². The highest BCUT2D eigenvalue weighted by molar-refractivity contribution is 5.37. The maximum atomic E-state index is 13.3. The van der Waals surface area contributed by atoms with E-state index in [1.165, 1.54) is 12.1 Å². The lowest BCUT2D eigenvalue weighted by molar-refractivity contribution is 0.0116. The van der Waals surface area contributed by atoms with Gasteiger partial charge in [0.2, 0.25) is 0 Å². The number of hydrogen-bond donors (Lipinski definition) is 1. The van der Waals surface area contributed by atoms with E-state index < -0.39 is 6.04 Å². The molecular formula is C14H22FNO2. The van der Waals surface area contributed by atoms with Gasteiger partial charge in [-0.3, -0.25) is 0 Å². The molecule has 0 fully saturated rings. The highest BCUT2D eigenvalue weighted by Gasteiger charge is 2.26. The van der Waals surface area contributed by atoms with Crippen LogP contribution in [0.15, 0.2) is 18.2 Å². The SMILES string of the molecule is CCOC(C(C)C)C(N)c1cc(F)ccc1OC. The van der Waals surface area contributed by atoms with Gasteiger partial charge in [0.05, 0.1) is 19.3 Å². The Kier molecular flexibility index (Phi) is 5.56. The molecule has 0 amide bonds. The van der Waals surface area contributed by atoms with Gasteiger partial charge in [0, 0.05) is 12.2 Å². The minimum Gasteiger partial charge on any atom is -0.496 e. The Labute approximate surface area is 108 Å². The Balaban J connectivity index is 3.06. The molecule has 0 aromatic heterocycles. The van der Waals surface area contributed by atoms with Gasteiger partial charge in [-0.1, -0.05) is 13.8 Å². The van der Waals surface area contributed by atoms with Gasteiger partial charge in [0.25, 0.3) is 0 Å². The highest BCUT2D eigenvalue weighted by atomic mass is 19.1. The summed E-state index contributed by atoms with van der Waals surface area (Å²) in [5, 5.41) is 0. The minimum absolute atomic E-state index is 0.161. The summed E-state index contributed by atoms with van der Waals surface area (Å²) in [7, 11) is 1.55. The fraction of sp³-hybridized carbons (Fsp3) is 0.571. The third-order valence-electron chi connectivity index (χ3n) is 2.92. The number of halogens is 1. The van der Waals surface area contributed by atoms with Crippen LogP contribution in [-0.4, -0.2) is 19.8 Å². The van der Waals surface area contributed by atoms with Crippen LogP contribution in [0.3, 0.4) is 0 Å². The van der Waals surface area contributed by atoms with Gasteiger partial charge in [-0.15, -0.1) is 0 Å². The van der Waals surface area contributed by atoms with Gasteiger partial charge in [-0.25, -0.2) is 4.39 Å². The standard InChI is InChI=1S/C14H22FNO2/c1-5-18-14(9(2)3)13(16)11-8-10(15)6-7-12(11)17-4/h6-9,13-14H,5,16H2,1-4H3. The van der Waals surface area contributed by atoms with Crippen LogP contribution in [0.2, 0.25) is 0 Å². The van der Waals surface area contributed by atoms with E-state index in [4.69, 9.17) is 15.2 Å². The zero-order valence-electron chi connectivity index (χ0n) is 11.4. The van der Waals surface area contributed by atoms with Gasteiger partial charge in [0.1, 0.15) is 11.6 Å². The largest absolute Gasteiger partial charge is 0.496 e. The molecule has 0 heterocycles. The van der Waals surface area contributed by atoms with Gasteiger partial charge in [-0.05, 0) is 31.0 Å². The molecule has 0 saturated heterocycles. The fourth-order valence-corrected chi connectivity index (χ4v) is 2.05. The van der Waals surface area contributed by atoms with Crippen LogP contribution in [-0.2, 0) is 4.74 Å². The first-order valence-electron chi connectivity index (χ1n) is 6.21. The van der Waals surface area contributed by atoms with Crippen LogP contribution in [0.5, 0.6) is 5.75 Å². The number of nitrogens with two attached hydrogens (primary N) is 1. The van der Waals surface area contributed by atoms with E-state index in [0.717, 1.165) is 0 Å². The molecule has 0 saturated carbocycles. The highest BCUT2D eigenvalue weighted by Crippen LogP contribution is 2.30. The maximum Gasteiger partial charge on any atom is 0.123 e. The molecule has 2 N–H and O–H groups in total. The zero-order chi connectivity index (χ0) is 13.7. The zero-order valence-corrected chi connectivity index (χ0v) is 11.4. The molecule has 4 heteroatoms. The normalized spacial score (nSPS) is 14.6. The summed E-state index contributed by atoms with van der Waals surface area (Å²) in [5.41, 5.74) is 6.84. The monoisotopic (exact) mass is 255 g/mol. The number of ether oxygens (including phenoxy) is 2. The summed E-state index contributed by atoms with van der Waals surface area (Å²) < 4.78 is 24.2. The second-order valence-corrected chi connectivity index (χ2v) is 4.58. The van der Waals surface area contributed by atoms with Crippen molar-refractivity contribution in [2.75, 3.05) is 13.7 Å². The lowest BCUT2D eigenvalue weighted by Crippen LogP contribution is -2.33. The first-order chi connectivity index (χ1) is 8.51. The molecule has 2 atom stereocenters. The average molecular weight is 255 g/mol. The Morgan fingerprint density at radius 1 is 1.33 bits per heavy atom. The van der Waals surface area contributed by atoms with E-state index in [1.807, 2.05) is 20.8 Å². The van der Waals surface area contributed by atoms with Gasteiger partial charge in [-0.2, -0.15) is 0 Å². The Bertz CT molecular complexity index is 382. The molecule has 1 aromatic rings. The van der Waals surface area contributed by atoms with Gasteiger partial charge >= 0.3 is 0 Å². The molecule has 0 radical (unpaired) electrons. The Morgan fingerprint density at radius 2 is 2.00 bits per heavy atom. The number of benzene rings is 1. The molecule has 1 rings (SSSR count). The van der Waals surface area contributed by atoms with Crippen molar-refractivity contribution >= 4 is 0 Å². The predicted molar refractivity (Wildman–Crippen MR) is 70.1 cm³/mol. The molecule has 0 aliphatic heterocycles. The fourth-order valence-electron chi connectivity index (χ4n) is 2.05. The topological polar surface area (TPSA) is 44.5 Å². The average Bonchev–Trinajstić information content (AvgIpc) is 2.34. The molecule has 18 heavy (non-hydrogen) atoms. The minimum atomic E-state index is -0.407. The smallest absolute Gasteiger partial charge is 0.123 e. The molecule has 0 spiro atoms. The molecule has 102 valence electrons. The lowest BCUT2D eigenvalue weighted by Gasteiger charge is -2.28. The number of methoxy groups -OCH3 is 1. The quantitative estimate of drug-likeness (QED) is 0.850. The lowest BCUT2D eigenvalue weighted by atomic mass is 9.93. The van der Waals surface area contributed by atoms with Crippen molar-refractivity contribution < 1.29 is 13.9 Å². The summed E-state index contributed by atoms with van der Waals surface area (Å²) in [6.07, 6.45) is -0.161. The third-order valence-corrected chi connectivity index (χ3v) is 2.92. The Hall–Kier alpha value is -1.13. The van der Waals surface area contributed by atoms with Gasteiger partial charge < -0.3 is 15.2 Å². The summed E-state index contributed by atoms with van der Waals surface area (Å²) in [5.74, 6) is 0.516. The first kappa shape index (κ1) is 14.9. The van der Waals surface area contributed by atoms with Crippen LogP contribution >= 0.6 is 0 Å². The molecule has 2 unspecified atom stereocenters. The van der Waals surface area contributed by atoms with E-state index in [-0.39, 0.29) is 17.8 Å². The summed E-state index contributed by atoms with van der Waals surface area (Å²) in [6.45, 7) is 6.57. The molecule has 0 bridgehead atoms. The third kappa shape index (κ3) is 3.43. The van der Waals surface area contributed by atoms with E-state index in [1.54, 1.807) is 13.2 Å². The predicted octanol–water partition coefficient (Wildman–Crippen LogP) is 2.90. The summed E-state index contributed by atoms with van der Waals surface area (Å²) in [6, 6.07) is 3.96. The van der Waals surface area contributed by atoms with Crippen molar-refractivity contribution in [2.45, 2.75) is 32.9 Å². The van der Waals surface area contributed by atoms with E-state index in [9.17, 15) is 4.39 Å². The van der Waals surface area contributed by atoms with Crippen LogP contribution in [0, 0.1) is 11.7 Å². The van der Waals surface area contributed by atoms with E-state index in [0.29, 0.717) is 17.9 Å². The molecule has 0 aliphatic rings. The van der Waals surface area contributed by atoms with Crippen LogP contribution in [0.1, 0.15) is 32.4 Å². The van der Waals surface area contributed by atoms with Crippen molar-refractivity contribution in [1.29, 1.82) is 0 Å². The summed E-state index contributed by atoms with van der Waals surface area (Å²) >= 11 is 0. The van der Waals surface area contributed by atoms with Crippen molar-refractivity contribution in [2.24, 2.45) is 11.7 Å². The summed E-state index contributed by atoms with van der Waals surface area (Å²) in [4.78, 5) is 0. The van der Waals surface area contributed by atoms with Crippen LogP contribution in [0.4, 0.5) is 4.39 Å². The van der Waals surface area contributed by atoms with Crippen LogP contribution in [0.25, 0.3) is 0 Å². The number of hydrogen-bond acceptors (Lipinski definition) is 3. The number of rotatable bonds is 6. The molecular weight excluding hydrogens is 233 g/mol.